The highest BCUT2D eigenvalue weighted by atomic mass is 32.2. The Morgan fingerprint density at radius 3 is 2.47 bits per heavy atom. The SMILES string of the molecule is O=C(c1ccc(F)cc1)N1CCSC12CCN(S(=O)(=O)c1cccc3cccnc13)CC2. The smallest absolute Gasteiger partial charge is 0.254 e. The van der Waals surface area contributed by atoms with Gasteiger partial charge in [0.1, 0.15) is 10.7 Å². The predicted molar refractivity (Wildman–Crippen MR) is 122 cm³/mol. The lowest BCUT2D eigenvalue weighted by molar-refractivity contribution is 0.0605. The van der Waals surface area contributed by atoms with Crippen LogP contribution >= 0.6 is 11.8 Å². The number of hydrogen-bond acceptors (Lipinski definition) is 5. The number of amides is 1. The second-order valence-corrected chi connectivity index (χ2v) is 11.4. The molecule has 166 valence electrons. The number of hydrogen-bond donors (Lipinski definition) is 0. The summed E-state index contributed by atoms with van der Waals surface area (Å²) in [6, 6.07) is 14.4. The Morgan fingerprint density at radius 1 is 1.00 bits per heavy atom. The number of rotatable bonds is 3. The van der Waals surface area contributed by atoms with Crippen LogP contribution in [0.2, 0.25) is 0 Å². The van der Waals surface area contributed by atoms with Gasteiger partial charge in [-0.1, -0.05) is 18.2 Å². The summed E-state index contributed by atoms with van der Waals surface area (Å²) in [5.41, 5.74) is 0.920. The van der Waals surface area contributed by atoms with Gasteiger partial charge in [0.25, 0.3) is 5.91 Å². The third-order valence-corrected chi connectivity index (χ3v) is 9.71. The van der Waals surface area contributed by atoms with Crippen LogP contribution in [0.5, 0.6) is 0 Å². The number of benzene rings is 2. The Hall–Kier alpha value is -2.49. The molecule has 3 heterocycles. The average Bonchev–Trinajstić information content (AvgIpc) is 3.21. The minimum Gasteiger partial charge on any atom is -0.323 e. The second kappa shape index (κ2) is 8.13. The molecule has 32 heavy (non-hydrogen) atoms. The van der Waals surface area contributed by atoms with Gasteiger partial charge in [0, 0.05) is 42.5 Å². The van der Waals surface area contributed by atoms with Gasteiger partial charge in [-0.2, -0.15) is 4.31 Å². The van der Waals surface area contributed by atoms with Crippen LogP contribution in [0.15, 0.2) is 65.7 Å². The third kappa shape index (κ3) is 3.58. The molecule has 6 nitrogen and oxygen atoms in total. The molecule has 0 N–H and O–H groups in total. The zero-order valence-electron chi connectivity index (χ0n) is 17.3. The predicted octanol–water partition coefficient (Wildman–Crippen LogP) is 3.74. The zero-order chi connectivity index (χ0) is 22.3. The largest absolute Gasteiger partial charge is 0.323 e. The summed E-state index contributed by atoms with van der Waals surface area (Å²) in [6.07, 6.45) is 2.69. The highest BCUT2D eigenvalue weighted by Gasteiger charge is 2.48. The first kappa shape index (κ1) is 21.4. The lowest BCUT2D eigenvalue weighted by Crippen LogP contribution is -2.53. The molecule has 0 aliphatic carbocycles. The van der Waals surface area contributed by atoms with E-state index in [4.69, 9.17) is 0 Å². The van der Waals surface area contributed by atoms with E-state index in [-0.39, 0.29) is 16.6 Å². The summed E-state index contributed by atoms with van der Waals surface area (Å²) in [4.78, 5) is 19.0. The van der Waals surface area contributed by atoms with Gasteiger partial charge < -0.3 is 4.90 Å². The number of thioether (sulfide) groups is 1. The van der Waals surface area contributed by atoms with E-state index < -0.39 is 14.9 Å². The van der Waals surface area contributed by atoms with Crippen molar-refractivity contribution in [1.82, 2.24) is 14.2 Å². The maximum absolute atomic E-state index is 13.4. The Balaban J connectivity index is 1.38. The number of carbonyl (C=O) groups is 1. The number of halogens is 1. The monoisotopic (exact) mass is 471 g/mol. The van der Waals surface area contributed by atoms with E-state index in [0.717, 1.165) is 11.1 Å². The van der Waals surface area contributed by atoms with Crippen molar-refractivity contribution < 1.29 is 17.6 Å². The van der Waals surface area contributed by atoms with Crippen LogP contribution in [0.4, 0.5) is 4.39 Å². The second-order valence-electron chi connectivity index (χ2n) is 7.99. The first-order valence-electron chi connectivity index (χ1n) is 10.5. The highest BCUT2D eigenvalue weighted by Crippen LogP contribution is 2.45. The van der Waals surface area contributed by atoms with Crippen molar-refractivity contribution >= 4 is 38.6 Å². The summed E-state index contributed by atoms with van der Waals surface area (Å²) < 4.78 is 41.6. The van der Waals surface area contributed by atoms with Gasteiger partial charge in [-0.25, -0.2) is 12.8 Å². The molecule has 0 bridgehead atoms. The van der Waals surface area contributed by atoms with Crippen molar-refractivity contribution in [2.75, 3.05) is 25.4 Å². The molecular weight excluding hydrogens is 449 g/mol. The molecule has 2 fully saturated rings. The average molecular weight is 472 g/mol. The zero-order valence-corrected chi connectivity index (χ0v) is 18.9. The van der Waals surface area contributed by atoms with Gasteiger partial charge in [-0.15, -0.1) is 11.8 Å². The Bertz CT molecular complexity index is 1270. The van der Waals surface area contributed by atoms with E-state index in [2.05, 4.69) is 4.98 Å². The molecule has 2 aliphatic rings. The minimum atomic E-state index is -3.71. The van der Waals surface area contributed by atoms with Crippen molar-refractivity contribution in [2.45, 2.75) is 22.6 Å². The molecule has 5 rings (SSSR count). The van der Waals surface area contributed by atoms with E-state index in [1.54, 1.807) is 36.2 Å². The molecule has 3 aromatic rings. The third-order valence-electron chi connectivity index (χ3n) is 6.23. The minimum absolute atomic E-state index is 0.135. The molecule has 2 aliphatic heterocycles. The van der Waals surface area contributed by atoms with Crippen molar-refractivity contribution in [3.8, 4) is 0 Å². The van der Waals surface area contributed by atoms with E-state index in [0.29, 0.717) is 43.6 Å². The van der Waals surface area contributed by atoms with Crippen LogP contribution < -0.4 is 0 Å². The molecule has 0 radical (unpaired) electrons. The fourth-order valence-corrected chi connectivity index (χ4v) is 7.62. The maximum atomic E-state index is 13.4. The fraction of sp³-hybridized carbons (Fsp3) is 0.304. The van der Waals surface area contributed by atoms with Crippen LogP contribution in [0, 0.1) is 5.82 Å². The number of piperidine rings is 1. The molecule has 9 heteroatoms. The van der Waals surface area contributed by atoms with Gasteiger partial charge in [0.05, 0.1) is 10.4 Å². The Morgan fingerprint density at radius 2 is 1.72 bits per heavy atom. The van der Waals surface area contributed by atoms with Crippen LogP contribution in [0.3, 0.4) is 0 Å². The normalized spacial score (nSPS) is 19.0. The van der Waals surface area contributed by atoms with Crippen molar-refractivity contribution in [2.24, 2.45) is 0 Å². The lowest BCUT2D eigenvalue weighted by Gasteiger charge is -2.43. The van der Waals surface area contributed by atoms with E-state index in [1.165, 1.54) is 28.6 Å². The highest BCUT2D eigenvalue weighted by molar-refractivity contribution is 8.00. The fourth-order valence-electron chi connectivity index (χ4n) is 4.56. The van der Waals surface area contributed by atoms with Gasteiger partial charge in [0.2, 0.25) is 10.0 Å². The first-order valence-corrected chi connectivity index (χ1v) is 12.9. The van der Waals surface area contributed by atoms with Gasteiger partial charge in [-0.3, -0.25) is 9.78 Å². The maximum Gasteiger partial charge on any atom is 0.254 e. The summed E-state index contributed by atoms with van der Waals surface area (Å²) in [5, 5.41) is 0.782. The molecule has 2 aromatic carbocycles. The Kier molecular flexibility index (Phi) is 5.43. The van der Waals surface area contributed by atoms with E-state index in [9.17, 15) is 17.6 Å². The molecule has 1 spiro atoms. The van der Waals surface area contributed by atoms with Crippen LogP contribution in [0.1, 0.15) is 23.2 Å². The van der Waals surface area contributed by atoms with Gasteiger partial charge >= 0.3 is 0 Å². The first-order chi connectivity index (χ1) is 15.4. The molecule has 1 aromatic heterocycles. The van der Waals surface area contributed by atoms with Crippen molar-refractivity contribution in [3.05, 3.63) is 72.2 Å². The van der Waals surface area contributed by atoms with E-state index >= 15 is 0 Å². The molecule has 0 saturated carbocycles. The number of fused-ring (bicyclic) bond motifs is 1. The Labute approximate surface area is 190 Å². The molecule has 1 amide bonds. The molecule has 2 saturated heterocycles. The number of carbonyl (C=O) groups excluding carboxylic acids is 1. The lowest BCUT2D eigenvalue weighted by atomic mass is 10.0. The van der Waals surface area contributed by atoms with Gasteiger partial charge in [0.15, 0.2) is 0 Å². The standard InChI is InChI=1S/C23H22FN3O3S2/c24-19-8-6-18(7-9-19)22(28)27-15-16-31-23(27)10-13-26(14-11-23)32(29,30)20-5-1-3-17-4-2-12-25-21(17)20/h1-9,12H,10-11,13-16H2. The van der Waals surface area contributed by atoms with Crippen molar-refractivity contribution in [3.63, 3.8) is 0 Å². The quantitative estimate of drug-likeness (QED) is 0.582. The number of nitrogens with zero attached hydrogens (tertiary/aromatic N) is 3. The molecule has 0 atom stereocenters. The van der Waals surface area contributed by atoms with Gasteiger partial charge in [-0.05, 0) is 49.2 Å². The number of sulfonamides is 1. The number of para-hydroxylation sites is 1. The molecule has 0 unspecified atom stereocenters. The van der Waals surface area contributed by atoms with Crippen molar-refractivity contribution in [1.29, 1.82) is 0 Å². The summed E-state index contributed by atoms with van der Waals surface area (Å²) in [6.45, 7) is 1.25. The van der Waals surface area contributed by atoms with Crippen LogP contribution in [-0.2, 0) is 10.0 Å². The molecular formula is C23H22FN3O3S2. The van der Waals surface area contributed by atoms with Crippen LogP contribution in [-0.4, -0.2) is 58.8 Å². The summed E-state index contributed by atoms with van der Waals surface area (Å²) in [7, 11) is -3.71. The number of pyridine rings is 1. The summed E-state index contributed by atoms with van der Waals surface area (Å²) >= 11 is 1.71. The number of aromatic nitrogens is 1. The summed E-state index contributed by atoms with van der Waals surface area (Å²) in [5.74, 6) is 0.283. The van der Waals surface area contributed by atoms with E-state index in [1.807, 2.05) is 17.0 Å². The topological polar surface area (TPSA) is 70.6 Å². The van der Waals surface area contributed by atoms with Crippen LogP contribution in [0.25, 0.3) is 10.9 Å².